The average molecular weight is 318 g/mol. The van der Waals surface area contributed by atoms with Crippen LogP contribution in [-0.2, 0) is 17.0 Å². The molecule has 2 rings (SSSR count). The summed E-state index contributed by atoms with van der Waals surface area (Å²) in [5, 5.41) is 8.96. The number of thioether (sulfide) groups is 2. The van der Waals surface area contributed by atoms with Crippen LogP contribution in [0.25, 0.3) is 0 Å². The molecule has 0 radical (unpaired) electrons. The van der Waals surface area contributed by atoms with Crippen molar-refractivity contribution < 1.29 is 9.90 Å². The van der Waals surface area contributed by atoms with Crippen molar-refractivity contribution in [3.05, 3.63) is 65.7 Å². The van der Waals surface area contributed by atoms with E-state index in [1.54, 1.807) is 11.8 Å². The monoisotopic (exact) mass is 318 g/mol. The average Bonchev–Trinajstić information content (AvgIpc) is 2.52. The van der Waals surface area contributed by atoms with Gasteiger partial charge in [0.25, 0.3) is 0 Å². The van der Waals surface area contributed by atoms with Crippen molar-refractivity contribution in [2.75, 3.05) is 6.26 Å². The van der Waals surface area contributed by atoms with Gasteiger partial charge >= 0.3 is 5.97 Å². The zero-order valence-electron chi connectivity index (χ0n) is 11.9. The van der Waals surface area contributed by atoms with Gasteiger partial charge in [-0.15, -0.1) is 23.5 Å². The first kappa shape index (κ1) is 16.0. The predicted octanol–water partition coefficient (Wildman–Crippen LogP) is 4.34. The fourth-order valence-corrected chi connectivity index (χ4v) is 3.41. The van der Waals surface area contributed by atoms with Gasteiger partial charge in [0.1, 0.15) is 5.25 Å². The third kappa shape index (κ3) is 5.14. The van der Waals surface area contributed by atoms with E-state index in [9.17, 15) is 9.90 Å². The number of rotatable bonds is 7. The summed E-state index contributed by atoms with van der Waals surface area (Å²) in [5.41, 5.74) is 2.23. The van der Waals surface area contributed by atoms with Crippen LogP contribution >= 0.6 is 23.5 Å². The maximum atomic E-state index is 11.4. The minimum Gasteiger partial charge on any atom is -0.480 e. The quantitative estimate of drug-likeness (QED) is 0.771. The molecule has 0 saturated carbocycles. The van der Waals surface area contributed by atoms with E-state index in [4.69, 9.17) is 0 Å². The predicted molar refractivity (Wildman–Crippen MR) is 91.1 cm³/mol. The lowest BCUT2D eigenvalue weighted by Gasteiger charge is -2.12. The van der Waals surface area contributed by atoms with Gasteiger partial charge in [0.2, 0.25) is 0 Å². The normalized spacial score (nSPS) is 12.0. The molecule has 0 saturated heterocycles. The van der Waals surface area contributed by atoms with Crippen molar-refractivity contribution in [1.82, 2.24) is 0 Å². The molecule has 0 bridgehead atoms. The van der Waals surface area contributed by atoms with E-state index in [0.717, 1.165) is 16.9 Å². The van der Waals surface area contributed by atoms with Crippen LogP contribution in [0, 0.1) is 0 Å². The van der Waals surface area contributed by atoms with Crippen LogP contribution in [-0.4, -0.2) is 22.6 Å². The van der Waals surface area contributed by atoms with Crippen LogP contribution < -0.4 is 0 Å². The number of carboxylic acids is 1. The Balaban J connectivity index is 1.95. The first-order chi connectivity index (χ1) is 10.2. The van der Waals surface area contributed by atoms with Crippen molar-refractivity contribution in [3.63, 3.8) is 0 Å². The van der Waals surface area contributed by atoms with Crippen LogP contribution in [0.3, 0.4) is 0 Å². The molecule has 2 nitrogen and oxygen atoms in total. The van der Waals surface area contributed by atoms with E-state index in [1.165, 1.54) is 16.7 Å². The van der Waals surface area contributed by atoms with Gasteiger partial charge in [-0.05, 0) is 35.9 Å². The van der Waals surface area contributed by atoms with Crippen molar-refractivity contribution in [1.29, 1.82) is 0 Å². The zero-order chi connectivity index (χ0) is 15.1. The molecule has 21 heavy (non-hydrogen) atoms. The van der Waals surface area contributed by atoms with Gasteiger partial charge in [0, 0.05) is 10.6 Å². The maximum absolute atomic E-state index is 11.4. The molecule has 110 valence electrons. The number of hydrogen-bond acceptors (Lipinski definition) is 3. The smallest absolute Gasteiger partial charge is 0.316 e. The molecule has 0 amide bonds. The largest absolute Gasteiger partial charge is 0.480 e. The second-order valence-corrected chi connectivity index (χ2v) is 6.75. The Kier molecular flexibility index (Phi) is 6.21. The molecule has 1 N–H and O–H groups in total. The minimum absolute atomic E-state index is 0.410. The third-order valence-electron chi connectivity index (χ3n) is 3.15. The lowest BCUT2D eigenvalue weighted by atomic mass is 10.1. The number of benzene rings is 2. The Morgan fingerprint density at radius 3 is 2.29 bits per heavy atom. The Labute approximate surface area is 134 Å². The van der Waals surface area contributed by atoms with E-state index in [2.05, 4.69) is 24.3 Å². The van der Waals surface area contributed by atoms with E-state index in [-0.39, 0.29) is 0 Å². The van der Waals surface area contributed by atoms with Gasteiger partial charge in [-0.3, -0.25) is 4.79 Å². The molecule has 2 aromatic carbocycles. The number of aliphatic carboxylic acids is 1. The first-order valence-electron chi connectivity index (χ1n) is 6.70. The molecule has 1 unspecified atom stereocenters. The van der Waals surface area contributed by atoms with Gasteiger partial charge in [-0.1, -0.05) is 42.5 Å². The molecule has 0 aliphatic rings. The van der Waals surface area contributed by atoms with Crippen molar-refractivity contribution in [3.8, 4) is 0 Å². The summed E-state index contributed by atoms with van der Waals surface area (Å²) >= 11 is 3.19. The molecule has 0 aromatic heterocycles. The second kappa shape index (κ2) is 8.15. The Morgan fingerprint density at radius 2 is 1.71 bits per heavy atom. The summed E-state index contributed by atoms with van der Waals surface area (Å²) in [6.07, 6.45) is 2.60. The fraction of sp³-hybridized carbons (Fsp3) is 0.235. The number of carboxylic acid groups (broad SMARTS) is 1. The molecule has 0 fully saturated rings. The minimum atomic E-state index is -0.746. The van der Waals surface area contributed by atoms with Crippen LogP contribution in [0.4, 0.5) is 0 Å². The molecule has 4 heteroatoms. The van der Waals surface area contributed by atoms with Gasteiger partial charge in [-0.2, -0.15) is 0 Å². The highest BCUT2D eigenvalue weighted by molar-refractivity contribution is 7.99. The SMILES string of the molecule is CSc1ccc(CSC(Cc2ccccc2)C(=O)O)cc1. The molecule has 0 spiro atoms. The third-order valence-corrected chi connectivity index (χ3v) is 5.16. The molecule has 1 atom stereocenters. The topological polar surface area (TPSA) is 37.3 Å². The number of carbonyl (C=O) groups is 1. The molecule has 0 heterocycles. The van der Waals surface area contributed by atoms with Gasteiger partial charge in [0.05, 0.1) is 0 Å². The van der Waals surface area contributed by atoms with Gasteiger partial charge in [0.15, 0.2) is 0 Å². The Bertz CT molecular complexity index is 567. The van der Waals surface area contributed by atoms with Crippen LogP contribution in [0.2, 0.25) is 0 Å². The lowest BCUT2D eigenvalue weighted by Crippen LogP contribution is -2.19. The van der Waals surface area contributed by atoms with Gasteiger partial charge < -0.3 is 5.11 Å². The first-order valence-corrected chi connectivity index (χ1v) is 8.97. The highest BCUT2D eigenvalue weighted by atomic mass is 32.2. The Hall–Kier alpha value is -1.39. The Morgan fingerprint density at radius 1 is 1.05 bits per heavy atom. The summed E-state index contributed by atoms with van der Waals surface area (Å²) in [5.74, 6) is -0.0251. The van der Waals surface area contributed by atoms with E-state index in [0.29, 0.717) is 6.42 Å². The summed E-state index contributed by atoms with van der Waals surface area (Å²) in [6, 6.07) is 18.1. The maximum Gasteiger partial charge on any atom is 0.316 e. The highest BCUT2D eigenvalue weighted by Gasteiger charge is 2.18. The summed E-state index contributed by atoms with van der Waals surface area (Å²) in [4.78, 5) is 12.6. The fourth-order valence-electron chi connectivity index (χ4n) is 1.96. The molecule has 0 aliphatic heterocycles. The van der Waals surface area contributed by atoms with Crippen molar-refractivity contribution in [2.45, 2.75) is 22.3 Å². The van der Waals surface area contributed by atoms with Crippen LogP contribution in [0.1, 0.15) is 11.1 Å². The lowest BCUT2D eigenvalue weighted by molar-refractivity contribution is -0.136. The summed E-state index contributed by atoms with van der Waals surface area (Å²) in [6.45, 7) is 0. The molecule has 0 aliphatic carbocycles. The summed E-state index contributed by atoms with van der Waals surface area (Å²) in [7, 11) is 0. The van der Waals surface area contributed by atoms with E-state index < -0.39 is 11.2 Å². The standard InChI is InChI=1S/C17H18O2S2/c1-20-15-9-7-14(8-10-15)12-21-16(17(18)19)11-13-5-3-2-4-6-13/h2-10,16H,11-12H2,1H3,(H,18,19). The molecular formula is C17H18O2S2. The van der Waals surface area contributed by atoms with Crippen molar-refractivity contribution >= 4 is 29.5 Å². The van der Waals surface area contributed by atoms with E-state index >= 15 is 0 Å². The molecule has 2 aromatic rings. The van der Waals surface area contributed by atoms with Crippen LogP contribution in [0.5, 0.6) is 0 Å². The number of hydrogen-bond donors (Lipinski definition) is 1. The van der Waals surface area contributed by atoms with Gasteiger partial charge in [-0.25, -0.2) is 0 Å². The zero-order valence-corrected chi connectivity index (χ0v) is 13.5. The summed E-state index contributed by atoms with van der Waals surface area (Å²) < 4.78 is 0. The molecular weight excluding hydrogens is 300 g/mol. The second-order valence-electron chi connectivity index (χ2n) is 4.68. The van der Waals surface area contributed by atoms with Crippen LogP contribution in [0.15, 0.2) is 59.5 Å². The highest BCUT2D eigenvalue weighted by Crippen LogP contribution is 2.23. The van der Waals surface area contributed by atoms with Crippen molar-refractivity contribution in [2.24, 2.45) is 0 Å². The van der Waals surface area contributed by atoms with E-state index in [1.807, 2.05) is 36.6 Å².